The first kappa shape index (κ1) is 13.0. The molecule has 3 N–H and O–H groups in total. The maximum atomic E-state index is 4.20. The summed E-state index contributed by atoms with van der Waals surface area (Å²) in [5.41, 5.74) is 3.04. The van der Waals surface area contributed by atoms with E-state index in [0.717, 1.165) is 37.2 Å². The number of fused-ring (bicyclic) bond motifs is 1. The van der Waals surface area contributed by atoms with Crippen molar-refractivity contribution in [3.63, 3.8) is 0 Å². The van der Waals surface area contributed by atoms with Gasteiger partial charge < -0.3 is 15.6 Å². The Morgan fingerprint density at radius 1 is 1.28 bits per heavy atom. The van der Waals surface area contributed by atoms with E-state index in [4.69, 9.17) is 0 Å². The van der Waals surface area contributed by atoms with E-state index in [-0.39, 0.29) is 0 Å². The quantitative estimate of drug-likeness (QED) is 0.648. The normalized spacial score (nSPS) is 11.5. The van der Waals surface area contributed by atoms with Gasteiger partial charge in [-0.05, 0) is 31.1 Å². The number of nitrogens with zero attached hydrogens (tertiary/aromatic N) is 2. The molecule has 0 amide bonds. The summed E-state index contributed by atoms with van der Waals surface area (Å²) in [6.45, 7) is 7.25. The fraction of sp³-hybridized carbons (Fsp3) is 0.538. The van der Waals surface area contributed by atoms with E-state index in [1.54, 1.807) is 12.5 Å². The fourth-order valence-corrected chi connectivity index (χ4v) is 1.88. The van der Waals surface area contributed by atoms with Gasteiger partial charge in [-0.3, -0.25) is 0 Å². The van der Waals surface area contributed by atoms with Crippen LogP contribution in [0.25, 0.3) is 11.2 Å². The molecule has 2 aromatic rings. The highest BCUT2D eigenvalue weighted by atomic mass is 15.0. The summed E-state index contributed by atoms with van der Waals surface area (Å²) in [7, 11) is 0. The number of hydrogen-bond acceptors (Lipinski definition) is 4. The molecule has 5 nitrogen and oxygen atoms in total. The lowest BCUT2D eigenvalue weighted by atomic mass is 10.2. The van der Waals surface area contributed by atoms with Crippen LogP contribution < -0.4 is 10.6 Å². The predicted molar refractivity (Wildman–Crippen MR) is 73.4 cm³/mol. The third-order valence-corrected chi connectivity index (χ3v) is 2.81. The molecule has 0 aromatic carbocycles. The van der Waals surface area contributed by atoms with Crippen molar-refractivity contribution < 1.29 is 0 Å². The highest BCUT2D eigenvalue weighted by molar-refractivity contribution is 5.73. The summed E-state index contributed by atoms with van der Waals surface area (Å²) < 4.78 is 0. The van der Waals surface area contributed by atoms with Gasteiger partial charge in [0.15, 0.2) is 5.65 Å². The number of aromatic nitrogens is 3. The van der Waals surface area contributed by atoms with E-state index in [2.05, 4.69) is 39.4 Å². The van der Waals surface area contributed by atoms with E-state index >= 15 is 0 Å². The van der Waals surface area contributed by atoms with Gasteiger partial charge in [0, 0.05) is 18.8 Å². The molecule has 0 aliphatic carbocycles. The smallest absolute Gasteiger partial charge is 0.177 e. The number of aromatic amines is 1. The van der Waals surface area contributed by atoms with Crippen LogP contribution >= 0.6 is 0 Å². The minimum atomic E-state index is 0.565. The number of H-pyrrole nitrogens is 1. The van der Waals surface area contributed by atoms with Gasteiger partial charge in [0.1, 0.15) is 0 Å². The number of rotatable bonds is 7. The number of pyridine rings is 1. The van der Waals surface area contributed by atoms with Gasteiger partial charge in [0.05, 0.1) is 11.8 Å². The van der Waals surface area contributed by atoms with Crippen molar-refractivity contribution in [1.29, 1.82) is 0 Å². The Bertz CT molecular complexity index is 477. The van der Waals surface area contributed by atoms with E-state index in [1.165, 1.54) is 5.56 Å². The van der Waals surface area contributed by atoms with Crippen LogP contribution in [0.4, 0.5) is 0 Å². The molecule has 0 aliphatic rings. The zero-order chi connectivity index (χ0) is 12.8. The molecule has 2 rings (SSSR count). The first-order chi connectivity index (χ1) is 8.77. The average Bonchev–Trinajstić information content (AvgIpc) is 2.82. The predicted octanol–water partition coefficient (Wildman–Crippen LogP) is 1.44. The van der Waals surface area contributed by atoms with Gasteiger partial charge in [0.25, 0.3) is 0 Å². The molecule has 0 bridgehead atoms. The fourth-order valence-electron chi connectivity index (χ4n) is 1.88. The second kappa shape index (κ2) is 6.47. The molecule has 0 saturated carbocycles. The summed E-state index contributed by atoms with van der Waals surface area (Å²) in [6, 6.07) is 2.59. The van der Waals surface area contributed by atoms with Crippen molar-refractivity contribution >= 4 is 11.2 Å². The maximum Gasteiger partial charge on any atom is 0.177 e. The summed E-state index contributed by atoms with van der Waals surface area (Å²) in [5, 5.41) is 6.85. The van der Waals surface area contributed by atoms with Crippen molar-refractivity contribution in [3.8, 4) is 0 Å². The second-order valence-corrected chi connectivity index (χ2v) is 4.71. The zero-order valence-electron chi connectivity index (χ0n) is 11.0. The van der Waals surface area contributed by atoms with Gasteiger partial charge in [-0.1, -0.05) is 13.8 Å². The Balaban J connectivity index is 1.75. The van der Waals surface area contributed by atoms with Crippen LogP contribution in [0, 0.1) is 0 Å². The number of nitrogens with one attached hydrogen (secondary N) is 3. The highest BCUT2D eigenvalue weighted by Gasteiger charge is 2.02. The van der Waals surface area contributed by atoms with Gasteiger partial charge in [-0.25, -0.2) is 9.97 Å². The standard InChI is InChI=1S/C13H21N5/c1-10(2)15-6-3-5-14-8-11-4-7-16-13-12(11)17-9-18-13/h4,7,9-10,14-15H,3,5-6,8H2,1-2H3,(H,16,17,18). The van der Waals surface area contributed by atoms with Crippen molar-refractivity contribution in [2.45, 2.75) is 32.9 Å². The minimum Gasteiger partial charge on any atom is -0.343 e. The van der Waals surface area contributed by atoms with Crippen LogP contribution in [0.3, 0.4) is 0 Å². The van der Waals surface area contributed by atoms with Crippen LogP contribution in [0.1, 0.15) is 25.8 Å². The first-order valence-electron chi connectivity index (χ1n) is 6.48. The summed E-state index contributed by atoms with van der Waals surface area (Å²) >= 11 is 0. The summed E-state index contributed by atoms with van der Waals surface area (Å²) in [6.07, 6.45) is 4.63. The van der Waals surface area contributed by atoms with E-state index in [9.17, 15) is 0 Å². The van der Waals surface area contributed by atoms with Crippen LogP contribution in [0.5, 0.6) is 0 Å². The summed E-state index contributed by atoms with van der Waals surface area (Å²) in [5.74, 6) is 0. The molecular formula is C13H21N5. The van der Waals surface area contributed by atoms with Gasteiger partial charge in [0.2, 0.25) is 0 Å². The number of hydrogen-bond donors (Lipinski definition) is 3. The molecule has 0 fully saturated rings. The minimum absolute atomic E-state index is 0.565. The Morgan fingerprint density at radius 2 is 2.17 bits per heavy atom. The SMILES string of the molecule is CC(C)NCCCNCc1ccnc2nc[nH]c12. The lowest BCUT2D eigenvalue weighted by Gasteiger charge is -2.08. The third kappa shape index (κ3) is 3.51. The third-order valence-electron chi connectivity index (χ3n) is 2.81. The largest absolute Gasteiger partial charge is 0.343 e. The van der Waals surface area contributed by atoms with Crippen LogP contribution in [-0.4, -0.2) is 34.1 Å². The van der Waals surface area contributed by atoms with Gasteiger partial charge >= 0.3 is 0 Å². The molecular weight excluding hydrogens is 226 g/mol. The van der Waals surface area contributed by atoms with Crippen molar-refractivity contribution in [2.75, 3.05) is 13.1 Å². The molecule has 0 aliphatic heterocycles. The second-order valence-electron chi connectivity index (χ2n) is 4.71. The lowest BCUT2D eigenvalue weighted by molar-refractivity contribution is 0.548. The van der Waals surface area contributed by atoms with Crippen LogP contribution in [0.15, 0.2) is 18.6 Å². The highest BCUT2D eigenvalue weighted by Crippen LogP contribution is 2.11. The Hall–Kier alpha value is -1.46. The molecule has 0 atom stereocenters. The molecule has 5 heteroatoms. The average molecular weight is 247 g/mol. The Kier molecular flexibility index (Phi) is 4.66. The molecule has 0 spiro atoms. The molecule has 2 aromatic heterocycles. The lowest BCUT2D eigenvalue weighted by Crippen LogP contribution is -2.26. The van der Waals surface area contributed by atoms with E-state index in [0.29, 0.717) is 6.04 Å². The van der Waals surface area contributed by atoms with E-state index in [1.807, 2.05) is 6.07 Å². The van der Waals surface area contributed by atoms with Gasteiger partial charge in [-0.2, -0.15) is 0 Å². The Morgan fingerprint density at radius 3 is 3.00 bits per heavy atom. The molecule has 2 heterocycles. The monoisotopic (exact) mass is 247 g/mol. The number of imidazole rings is 1. The summed E-state index contributed by atoms with van der Waals surface area (Å²) in [4.78, 5) is 11.5. The van der Waals surface area contributed by atoms with Crippen LogP contribution in [0.2, 0.25) is 0 Å². The Labute approximate surface area is 107 Å². The van der Waals surface area contributed by atoms with Crippen molar-refractivity contribution in [1.82, 2.24) is 25.6 Å². The van der Waals surface area contributed by atoms with Crippen molar-refractivity contribution in [2.24, 2.45) is 0 Å². The molecule has 18 heavy (non-hydrogen) atoms. The maximum absolute atomic E-state index is 4.20. The van der Waals surface area contributed by atoms with Gasteiger partial charge in [-0.15, -0.1) is 0 Å². The first-order valence-corrected chi connectivity index (χ1v) is 6.48. The molecule has 0 saturated heterocycles. The zero-order valence-corrected chi connectivity index (χ0v) is 11.0. The molecule has 98 valence electrons. The molecule has 0 radical (unpaired) electrons. The van der Waals surface area contributed by atoms with Crippen LogP contribution in [-0.2, 0) is 6.54 Å². The topological polar surface area (TPSA) is 65.6 Å². The molecule has 0 unspecified atom stereocenters. The van der Waals surface area contributed by atoms with E-state index < -0.39 is 0 Å². The van der Waals surface area contributed by atoms with Crippen molar-refractivity contribution in [3.05, 3.63) is 24.2 Å².